The average Bonchev–Trinajstić information content (AvgIpc) is 2.91. The molecule has 1 aromatic carbocycles. The van der Waals surface area contributed by atoms with Gasteiger partial charge in [-0.15, -0.1) is 10.2 Å². The lowest BCUT2D eigenvalue weighted by molar-refractivity contribution is -0.388. The number of sulfonamides is 1. The molecule has 0 radical (unpaired) electrons. The van der Waals surface area contributed by atoms with E-state index in [9.17, 15) is 18.5 Å². The third kappa shape index (κ3) is 5.44. The van der Waals surface area contributed by atoms with Crippen molar-refractivity contribution in [2.75, 3.05) is 18.4 Å². The van der Waals surface area contributed by atoms with Gasteiger partial charge in [0, 0.05) is 25.2 Å². The Morgan fingerprint density at radius 2 is 1.90 bits per heavy atom. The summed E-state index contributed by atoms with van der Waals surface area (Å²) in [5.74, 6) is 0. The zero-order chi connectivity index (χ0) is 21.0. The number of aromatic nitrogens is 2. The topological polar surface area (TPSA) is 118 Å². The SMILES string of the molecule is CC(C)Nc1nnc(Sc2ccc(S(=O)(=O)N3CCCCCC3)cc2[N+](=O)[O-])s1. The van der Waals surface area contributed by atoms with E-state index in [1.165, 1.54) is 27.8 Å². The van der Waals surface area contributed by atoms with Crippen molar-refractivity contribution < 1.29 is 13.3 Å². The summed E-state index contributed by atoms with van der Waals surface area (Å²) >= 11 is 2.40. The van der Waals surface area contributed by atoms with Gasteiger partial charge in [-0.3, -0.25) is 10.1 Å². The molecule has 0 amide bonds. The van der Waals surface area contributed by atoms with Crippen molar-refractivity contribution in [3.8, 4) is 0 Å². The normalized spacial score (nSPS) is 16.0. The largest absolute Gasteiger partial charge is 0.358 e. The standard InChI is InChI=1S/C17H23N5O4S3/c1-12(2)18-16-19-20-17(28-16)27-15-8-7-13(11-14(15)22(23)24)29(25,26)21-9-5-3-4-6-10-21/h7-8,11-12H,3-6,9-10H2,1-2H3,(H,18,19). The molecule has 0 bridgehead atoms. The van der Waals surface area contributed by atoms with Crippen LogP contribution in [0, 0.1) is 10.1 Å². The maximum atomic E-state index is 13.0. The Morgan fingerprint density at radius 1 is 1.21 bits per heavy atom. The molecule has 0 aliphatic carbocycles. The number of nitro benzene ring substituents is 1. The number of hydrogen-bond acceptors (Lipinski definition) is 9. The Kier molecular flexibility index (Phi) is 7.09. The molecule has 1 aliphatic rings. The van der Waals surface area contributed by atoms with Crippen LogP contribution in [0.4, 0.5) is 10.8 Å². The van der Waals surface area contributed by atoms with Gasteiger partial charge < -0.3 is 5.32 Å². The highest BCUT2D eigenvalue weighted by Crippen LogP contribution is 2.38. The fraction of sp³-hybridized carbons (Fsp3) is 0.529. The highest BCUT2D eigenvalue weighted by atomic mass is 32.2. The molecule has 0 spiro atoms. The minimum atomic E-state index is -3.76. The maximum absolute atomic E-state index is 13.0. The van der Waals surface area contributed by atoms with Crippen molar-refractivity contribution in [2.45, 2.75) is 59.7 Å². The van der Waals surface area contributed by atoms with Crippen LogP contribution in [-0.4, -0.2) is 47.0 Å². The molecule has 29 heavy (non-hydrogen) atoms. The second-order valence-corrected chi connectivity index (χ2v) is 11.2. The summed E-state index contributed by atoms with van der Waals surface area (Å²) in [5.41, 5.74) is -0.250. The first-order chi connectivity index (χ1) is 13.8. The zero-order valence-electron chi connectivity index (χ0n) is 16.2. The van der Waals surface area contributed by atoms with Gasteiger partial charge in [-0.25, -0.2) is 8.42 Å². The molecule has 1 N–H and O–H groups in total. The second kappa shape index (κ2) is 9.37. The Hall–Kier alpha value is -1.76. The zero-order valence-corrected chi connectivity index (χ0v) is 18.6. The van der Waals surface area contributed by atoms with Crippen LogP contribution in [0.5, 0.6) is 0 Å². The van der Waals surface area contributed by atoms with Crippen molar-refractivity contribution in [2.24, 2.45) is 0 Å². The van der Waals surface area contributed by atoms with Crippen LogP contribution in [0.1, 0.15) is 39.5 Å². The van der Waals surface area contributed by atoms with Gasteiger partial charge in [-0.2, -0.15) is 4.31 Å². The highest BCUT2D eigenvalue weighted by Gasteiger charge is 2.28. The highest BCUT2D eigenvalue weighted by molar-refractivity contribution is 8.01. The van der Waals surface area contributed by atoms with Crippen LogP contribution >= 0.6 is 23.1 Å². The molecular formula is C17H23N5O4S3. The number of hydrogen-bond donors (Lipinski definition) is 1. The lowest BCUT2D eigenvalue weighted by Crippen LogP contribution is -2.31. The molecule has 2 aromatic rings. The molecule has 158 valence electrons. The Bertz CT molecular complexity index is 969. The average molecular weight is 458 g/mol. The number of benzene rings is 1. The molecule has 0 saturated carbocycles. The smallest absolute Gasteiger partial charge is 0.284 e. The molecular weight excluding hydrogens is 434 g/mol. The lowest BCUT2D eigenvalue weighted by Gasteiger charge is -2.20. The van der Waals surface area contributed by atoms with Gasteiger partial charge in [0.15, 0.2) is 4.34 Å². The van der Waals surface area contributed by atoms with Gasteiger partial charge in [0.2, 0.25) is 15.2 Å². The summed E-state index contributed by atoms with van der Waals surface area (Å²) in [4.78, 5) is 11.3. The third-order valence-corrected chi connectivity index (χ3v) is 8.21. The van der Waals surface area contributed by atoms with Gasteiger partial charge in [-0.05, 0) is 50.6 Å². The number of nitrogens with one attached hydrogen (secondary N) is 1. The fourth-order valence-corrected chi connectivity index (χ4v) is 6.45. The summed E-state index contributed by atoms with van der Waals surface area (Å²) in [6, 6.07) is 4.25. The molecule has 0 atom stereocenters. The van der Waals surface area contributed by atoms with Gasteiger partial charge in [0.05, 0.1) is 14.7 Å². The minimum absolute atomic E-state index is 0.0464. The summed E-state index contributed by atoms with van der Waals surface area (Å²) < 4.78 is 27.9. The Balaban J connectivity index is 1.87. The van der Waals surface area contributed by atoms with Gasteiger partial charge >= 0.3 is 0 Å². The van der Waals surface area contributed by atoms with Crippen LogP contribution in [0.2, 0.25) is 0 Å². The van der Waals surface area contributed by atoms with E-state index < -0.39 is 14.9 Å². The molecule has 3 rings (SSSR count). The Labute approximate surface area is 178 Å². The van der Waals surface area contributed by atoms with Crippen LogP contribution in [0.25, 0.3) is 0 Å². The molecule has 1 saturated heterocycles. The number of nitrogens with zero attached hydrogens (tertiary/aromatic N) is 4. The van der Waals surface area contributed by atoms with Crippen LogP contribution < -0.4 is 5.32 Å². The van der Waals surface area contributed by atoms with Crippen molar-refractivity contribution in [1.82, 2.24) is 14.5 Å². The van der Waals surface area contributed by atoms with E-state index in [0.29, 0.717) is 27.5 Å². The van der Waals surface area contributed by atoms with Crippen molar-refractivity contribution in [1.29, 1.82) is 0 Å². The van der Waals surface area contributed by atoms with E-state index in [1.807, 2.05) is 13.8 Å². The lowest BCUT2D eigenvalue weighted by atomic mass is 10.2. The number of anilines is 1. The van der Waals surface area contributed by atoms with Crippen LogP contribution in [0.3, 0.4) is 0 Å². The quantitative estimate of drug-likeness (QED) is 0.490. The van der Waals surface area contributed by atoms with E-state index in [0.717, 1.165) is 43.5 Å². The summed E-state index contributed by atoms with van der Waals surface area (Å²) in [6.07, 6.45) is 3.60. The third-order valence-electron chi connectivity index (χ3n) is 4.35. The Morgan fingerprint density at radius 3 is 2.52 bits per heavy atom. The van der Waals surface area contributed by atoms with E-state index in [4.69, 9.17) is 0 Å². The van der Waals surface area contributed by atoms with E-state index in [2.05, 4.69) is 15.5 Å². The first-order valence-corrected chi connectivity index (χ1v) is 12.4. The molecule has 12 heteroatoms. The van der Waals surface area contributed by atoms with Crippen molar-refractivity contribution >= 4 is 43.9 Å². The monoisotopic (exact) mass is 457 g/mol. The molecule has 1 fully saturated rings. The summed E-state index contributed by atoms with van der Waals surface area (Å²) in [5, 5.41) is 23.4. The first kappa shape index (κ1) is 21.9. The predicted molar refractivity (Wildman–Crippen MR) is 113 cm³/mol. The van der Waals surface area contributed by atoms with Crippen molar-refractivity contribution in [3.05, 3.63) is 28.3 Å². The first-order valence-electron chi connectivity index (χ1n) is 9.34. The van der Waals surface area contributed by atoms with E-state index >= 15 is 0 Å². The van der Waals surface area contributed by atoms with E-state index in [-0.39, 0.29) is 16.6 Å². The molecule has 2 heterocycles. The summed E-state index contributed by atoms with van der Waals surface area (Å²) in [6.45, 7) is 4.84. The second-order valence-electron chi connectivity index (χ2n) is 6.98. The van der Waals surface area contributed by atoms with Crippen molar-refractivity contribution in [3.63, 3.8) is 0 Å². The van der Waals surface area contributed by atoms with E-state index in [1.54, 1.807) is 0 Å². The molecule has 0 unspecified atom stereocenters. The summed E-state index contributed by atoms with van der Waals surface area (Å²) in [7, 11) is -3.76. The predicted octanol–water partition coefficient (Wildman–Crippen LogP) is 3.98. The number of nitro groups is 1. The molecule has 1 aromatic heterocycles. The van der Waals surface area contributed by atoms with Gasteiger partial charge in [-0.1, -0.05) is 24.2 Å². The molecule has 9 nitrogen and oxygen atoms in total. The minimum Gasteiger partial charge on any atom is -0.358 e. The van der Waals surface area contributed by atoms with Crippen LogP contribution in [0.15, 0.2) is 32.3 Å². The van der Waals surface area contributed by atoms with Gasteiger partial charge in [0.25, 0.3) is 5.69 Å². The fourth-order valence-electron chi connectivity index (χ4n) is 2.97. The van der Waals surface area contributed by atoms with Gasteiger partial charge in [0.1, 0.15) is 0 Å². The maximum Gasteiger partial charge on any atom is 0.284 e. The number of rotatable bonds is 7. The van der Waals surface area contributed by atoms with Crippen LogP contribution in [-0.2, 0) is 10.0 Å². The molecule has 1 aliphatic heterocycles.